The summed E-state index contributed by atoms with van der Waals surface area (Å²) in [4.78, 5) is 25.6. The lowest BCUT2D eigenvalue weighted by atomic mass is 10.1. The number of carbonyl (C=O) groups excluding carboxylic acids is 2. The van der Waals surface area contributed by atoms with Gasteiger partial charge >= 0.3 is 0 Å². The summed E-state index contributed by atoms with van der Waals surface area (Å²) in [5.74, 6) is 0.453. The molecule has 2 aromatic carbocycles. The second-order valence-corrected chi connectivity index (χ2v) is 7.91. The SMILES string of the molecule is CCOc1ccc([C@H](C)NC(=O)C[C@H]2Sc3ccc(Cl)cc3NC2=O)cc1. The van der Waals surface area contributed by atoms with Gasteiger partial charge in [-0.1, -0.05) is 23.7 Å². The second-order valence-electron chi connectivity index (χ2n) is 6.23. The van der Waals surface area contributed by atoms with Gasteiger partial charge in [0.15, 0.2) is 0 Å². The van der Waals surface area contributed by atoms with E-state index in [-0.39, 0.29) is 24.3 Å². The third-order valence-corrected chi connectivity index (χ3v) is 5.71. The highest BCUT2D eigenvalue weighted by Crippen LogP contribution is 2.38. The van der Waals surface area contributed by atoms with Gasteiger partial charge in [0.2, 0.25) is 11.8 Å². The Hall–Kier alpha value is -2.18. The number of rotatable bonds is 6. The van der Waals surface area contributed by atoms with E-state index in [1.165, 1.54) is 11.8 Å². The highest BCUT2D eigenvalue weighted by atomic mass is 35.5. The Kier molecular flexibility index (Phi) is 6.29. The van der Waals surface area contributed by atoms with Crippen LogP contribution in [-0.2, 0) is 9.59 Å². The maximum atomic E-state index is 12.4. The van der Waals surface area contributed by atoms with Gasteiger partial charge in [-0.05, 0) is 49.7 Å². The number of benzene rings is 2. The van der Waals surface area contributed by atoms with Crippen LogP contribution in [0.5, 0.6) is 5.75 Å². The maximum Gasteiger partial charge on any atom is 0.238 e. The second kappa shape index (κ2) is 8.67. The number of thioether (sulfide) groups is 1. The van der Waals surface area contributed by atoms with Crippen molar-refractivity contribution in [3.8, 4) is 5.75 Å². The summed E-state index contributed by atoms with van der Waals surface area (Å²) >= 11 is 7.34. The van der Waals surface area contributed by atoms with E-state index in [4.69, 9.17) is 16.3 Å². The minimum absolute atomic E-state index is 0.111. The Morgan fingerprint density at radius 3 is 2.74 bits per heavy atom. The number of nitrogens with one attached hydrogen (secondary N) is 2. The molecule has 5 nitrogen and oxygen atoms in total. The van der Waals surface area contributed by atoms with Crippen molar-refractivity contribution < 1.29 is 14.3 Å². The van der Waals surface area contributed by atoms with E-state index >= 15 is 0 Å². The van der Waals surface area contributed by atoms with Crippen LogP contribution in [0.4, 0.5) is 5.69 Å². The molecule has 142 valence electrons. The van der Waals surface area contributed by atoms with Gasteiger partial charge in [-0.15, -0.1) is 11.8 Å². The highest BCUT2D eigenvalue weighted by molar-refractivity contribution is 8.01. The number of fused-ring (bicyclic) bond motifs is 1. The molecule has 0 spiro atoms. The summed E-state index contributed by atoms with van der Waals surface area (Å²) in [6.07, 6.45) is 0.111. The molecule has 2 atom stereocenters. The van der Waals surface area contributed by atoms with E-state index in [1.54, 1.807) is 12.1 Å². The molecule has 2 amide bonds. The number of hydrogen-bond acceptors (Lipinski definition) is 4. The largest absolute Gasteiger partial charge is 0.494 e. The smallest absolute Gasteiger partial charge is 0.238 e. The van der Waals surface area contributed by atoms with Crippen LogP contribution in [0.25, 0.3) is 0 Å². The van der Waals surface area contributed by atoms with Gasteiger partial charge in [0.05, 0.1) is 23.6 Å². The third kappa shape index (κ3) is 4.96. The summed E-state index contributed by atoms with van der Waals surface area (Å²) in [7, 11) is 0. The van der Waals surface area contributed by atoms with E-state index in [1.807, 2.05) is 44.2 Å². The van der Waals surface area contributed by atoms with Crippen molar-refractivity contribution in [3.05, 3.63) is 53.1 Å². The first-order chi connectivity index (χ1) is 13.0. The van der Waals surface area contributed by atoms with Crippen LogP contribution in [0.1, 0.15) is 31.9 Å². The Morgan fingerprint density at radius 2 is 2.04 bits per heavy atom. The Labute approximate surface area is 167 Å². The number of halogens is 1. The standard InChI is InChI=1S/C20H21ClN2O3S/c1-3-26-15-7-4-13(5-8-15)12(2)22-19(24)11-18-20(25)23-16-10-14(21)6-9-17(16)27-18/h4-10,12,18H,3,11H2,1-2H3,(H,22,24)(H,23,25)/t12-,18+/m0/s1. The van der Waals surface area contributed by atoms with E-state index in [0.717, 1.165) is 16.2 Å². The van der Waals surface area contributed by atoms with Crippen molar-refractivity contribution in [2.45, 2.75) is 36.5 Å². The molecule has 2 aromatic rings. The van der Waals surface area contributed by atoms with Crippen molar-refractivity contribution in [1.82, 2.24) is 5.32 Å². The molecule has 2 N–H and O–H groups in total. The summed E-state index contributed by atoms with van der Waals surface area (Å²) in [6, 6.07) is 12.8. The average Bonchev–Trinajstić information content (AvgIpc) is 2.63. The minimum Gasteiger partial charge on any atom is -0.494 e. The van der Waals surface area contributed by atoms with Crippen molar-refractivity contribution >= 4 is 40.9 Å². The molecule has 0 saturated carbocycles. The summed E-state index contributed by atoms with van der Waals surface area (Å²) in [5.41, 5.74) is 1.67. The molecule has 3 rings (SSSR count). The number of carbonyl (C=O) groups is 2. The first kappa shape index (κ1) is 19.6. The summed E-state index contributed by atoms with van der Waals surface area (Å²) < 4.78 is 5.43. The van der Waals surface area contributed by atoms with Crippen LogP contribution < -0.4 is 15.4 Å². The van der Waals surface area contributed by atoms with Gasteiger partial charge in [0.1, 0.15) is 5.75 Å². The van der Waals surface area contributed by atoms with Crippen LogP contribution in [-0.4, -0.2) is 23.7 Å². The summed E-state index contributed by atoms with van der Waals surface area (Å²) in [5, 5.41) is 5.87. The molecule has 0 aliphatic carbocycles. The number of ether oxygens (including phenoxy) is 1. The number of amides is 2. The third-order valence-electron chi connectivity index (χ3n) is 4.20. The molecule has 1 heterocycles. The first-order valence-corrected chi connectivity index (χ1v) is 10.0. The fraction of sp³-hybridized carbons (Fsp3) is 0.300. The van der Waals surface area contributed by atoms with Gasteiger partial charge in [-0.25, -0.2) is 0 Å². The molecule has 0 bridgehead atoms. The molecular formula is C20H21ClN2O3S. The van der Waals surface area contributed by atoms with E-state index < -0.39 is 5.25 Å². The number of anilines is 1. The molecule has 0 fully saturated rings. The zero-order valence-electron chi connectivity index (χ0n) is 15.1. The van der Waals surface area contributed by atoms with Crippen LogP contribution in [0, 0.1) is 0 Å². The fourth-order valence-corrected chi connectivity index (χ4v) is 4.09. The molecule has 1 aliphatic heterocycles. The topological polar surface area (TPSA) is 67.4 Å². The highest BCUT2D eigenvalue weighted by Gasteiger charge is 2.29. The average molecular weight is 405 g/mol. The lowest BCUT2D eigenvalue weighted by molar-refractivity contribution is -0.124. The molecule has 7 heteroatoms. The van der Waals surface area contributed by atoms with Crippen molar-refractivity contribution in [1.29, 1.82) is 0 Å². The van der Waals surface area contributed by atoms with Gasteiger partial charge in [0, 0.05) is 16.3 Å². The van der Waals surface area contributed by atoms with Gasteiger partial charge in [-0.3, -0.25) is 9.59 Å². The Bertz CT molecular complexity index is 842. The molecule has 0 aromatic heterocycles. The lowest BCUT2D eigenvalue weighted by Gasteiger charge is -2.24. The van der Waals surface area contributed by atoms with Gasteiger partial charge < -0.3 is 15.4 Å². The quantitative estimate of drug-likeness (QED) is 0.747. The zero-order chi connectivity index (χ0) is 19.4. The Morgan fingerprint density at radius 1 is 1.30 bits per heavy atom. The molecule has 0 saturated heterocycles. The first-order valence-electron chi connectivity index (χ1n) is 8.75. The molecule has 0 unspecified atom stereocenters. The maximum absolute atomic E-state index is 12.4. The predicted octanol–water partition coefficient (Wildman–Crippen LogP) is 4.42. The van der Waals surface area contributed by atoms with E-state index in [0.29, 0.717) is 17.3 Å². The van der Waals surface area contributed by atoms with Crippen molar-refractivity contribution in [2.24, 2.45) is 0 Å². The summed E-state index contributed by atoms with van der Waals surface area (Å²) in [6.45, 7) is 4.46. The minimum atomic E-state index is -0.466. The molecule has 0 radical (unpaired) electrons. The van der Waals surface area contributed by atoms with Gasteiger partial charge in [0.25, 0.3) is 0 Å². The van der Waals surface area contributed by atoms with Crippen LogP contribution in [0.15, 0.2) is 47.4 Å². The monoisotopic (exact) mass is 404 g/mol. The Balaban J connectivity index is 1.58. The van der Waals surface area contributed by atoms with E-state index in [2.05, 4.69) is 10.6 Å². The molecular weight excluding hydrogens is 384 g/mol. The normalized spacial score (nSPS) is 16.9. The molecule has 1 aliphatic rings. The fourth-order valence-electron chi connectivity index (χ4n) is 2.83. The van der Waals surface area contributed by atoms with Crippen molar-refractivity contribution in [3.63, 3.8) is 0 Å². The van der Waals surface area contributed by atoms with E-state index in [9.17, 15) is 9.59 Å². The van der Waals surface area contributed by atoms with Crippen LogP contribution >= 0.6 is 23.4 Å². The molecule has 27 heavy (non-hydrogen) atoms. The number of hydrogen-bond donors (Lipinski definition) is 2. The van der Waals surface area contributed by atoms with Gasteiger partial charge in [-0.2, -0.15) is 0 Å². The van der Waals surface area contributed by atoms with Crippen molar-refractivity contribution in [2.75, 3.05) is 11.9 Å². The lowest BCUT2D eigenvalue weighted by Crippen LogP contribution is -2.35. The zero-order valence-corrected chi connectivity index (χ0v) is 16.7. The van der Waals surface area contributed by atoms with Crippen LogP contribution in [0.3, 0.4) is 0 Å². The predicted molar refractivity (Wildman–Crippen MR) is 109 cm³/mol. The van der Waals surface area contributed by atoms with Crippen LogP contribution in [0.2, 0.25) is 5.02 Å².